The summed E-state index contributed by atoms with van der Waals surface area (Å²) in [6.07, 6.45) is 2.08. The van der Waals surface area contributed by atoms with Gasteiger partial charge in [-0.3, -0.25) is 0 Å². The van der Waals surface area contributed by atoms with Crippen LogP contribution in [0.2, 0.25) is 0 Å². The van der Waals surface area contributed by atoms with Crippen LogP contribution in [0.15, 0.2) is 97.2 Å². The summed E-state index contributed by atoms with van der Waals surface area (Å²) in [4.78, 5) is 15.5. The summed E-state index contributed by atoms with van der Waals surface area (Å²) >= 11 is 0. The minimum Gasteiger partial charge on any atom is -0.318 e. The molecular formula is C26H23N3O. The molecule has 0 radical (unpaired) electrons. The highest BCUT2D eigenvalue weighted by Crippen LogP contribution is 2.37. The van der Waals surface area contributed by atoms with Gasteiger partial charge >= 0.3 is 6.03 Å². The molecule has 1 N–H and O–H groups in total. The second kappa shape index (κ2) is 7.56. The Bertz CT molecular complexity index is 1200. The number of para-hydroxylation sites is 2. The third-order valence-corrected chi connectivity index (χ3v) is 5.73. The van der Waals surface area contributed by atoms with Gasteiger partial charge in [0.05, 0.1) is 12.2 Å². The normalized spacial score (nSPS) is 15.1. The van der Waals surface area contributed by atoms with Gasteiger partial charge in [0.25, 0.3) is 0 Å². The van der Waals surface area contributed by atoms with Crippen LogP contribution in [0, 0.1) is 6.92 Å². The predicted molar refractivity (Wildman–Crippen MR) is 120 cm³/mol. The van der Waals surface area contributed by atoms with Crippen LogP contribution in [0.4, 0.5) is 10.5 Å². The van der Waals surface area contributed by atoms with Crippen molar-refractivity contribution in [2.45, 2.75) is 19.5 Å². The summed E-state index contributed by atoms with van der Waals surface area (Å²) in [5, 5.41) is 3.09. The number of urea groups is 1. The van der Waals surface area contributed by atoms with Crippen LogP contribution in [-0.2, 0) is 6.54 Å². The first-order valence-electron chi connectivity index (χ1n) is 10.2. The molecule has 1 aromatic heterocycles. The van der Waals surface area contributed by atoms with E-state index in [-0.39, 0.29) is 12.1 Å². The van der Waals surface area contributed by atoms with Crippen LogP contribution in [0.1, 0.15) is 28.4 Å². The number of anilines is 1. The zero-order valence-corrected chi connectivity index (χ0v) is 16.8. The Morgan fingerprint density at radius 1 is 0.867 bits per heavy atom. The maximum absolute atomic E-state index is 13.6. The van der Waals surface area contributed by atoms with Crippen LogP contribution < -0.4 is 5.32 Å². The van der Waals surface area contributed by atoms with Crippen molar-refractivity contribution in [2.24, 2.45) is 0 Å². The summed E-state index contributed by atoms with van der Waals surface area (Å²) < 4.78 is 2.21. The van der Waals surface area contributed by atoms with E-state index in [1.807, 2.05) is 59.5 Å². The number of hydrogen-bond donors (Lipinski definition) is 1. The highest BCUT2D eigenvalue weighted by Gasteiger charge is 2.33. The monoisotopic (exact) mass is 393 g/mol. The van der Waals surface area contributed by atoms with Gasteiger partial charge in [-0.1, -0.05) is 60.7 Å². The fraction of sp³-hybridized carbons (Fsp3) is 0.115. The molecule has 148 valence electrons. The fourth-order valence-corrected chi connectivity index (χ4v) is 4.28. The Labute approximate surface area is 176 Å². The van der Waals surface area contributed by atoms with Gasteiger partial charge in [0.2, 0.25) is 0 Å². The molecule has 0 saturated carbocycles. The molecule has 1 atom stereocenters. The second-order valence-electron chi connectivity index (χ2n) is 7.61. The topological polar surface area (TPSA) is 37.3 Å². The second-order valence-corrected chi connectivity index (χ2v) is 7.61. The maximum atomic E-state index is 13.6. The lowest BCUT2D eigenvalue weighted by molar-refractivity contribution is 0.194. The van der Waals surface area contributed by atoms with E-state index in [1.54, 1.807) is 0 Å². The van der Waals surface area contributed by atoms with Crippen LogP contribution in [-0.4, -0.2) is 15.5 Å². The van der Waals surface area contributed by atoms with Crippen molar-refractivity contribution in [3.05, 3.63) is 120 Å². The lowest BCUT2D eigenvalue weighted by atomic mass is 9.97. The van der Waals surface area contributed by atoms with Gasteiger partial charge in [-0.05, 0) is 53.9 Å². The van der Waals surface area contributed by atoms with Gasteiger partial charge in [0.15, 0.2) is 0 Å². The number of rotatable bonds is 2. The predicted octanol–water partition coefficient (Wildman–Crippen LogP) is 5.92. The summed E-state index contributed by atoms with van der Waals surface area (Å²) in [7, 11) is 0. The quantitative estimate of drug-likeness (QED) is 0.451. The molecule has 4 nitrogen and oxygen atoms in total. The van der Waals surface area contributed by atoms with E-state index in [1.165, 1.54) is 5.56 Å². The van der Waals surface area contributed by atoms with E-state index in [4.69, 9.17) is 0 Å². The third kappa shape index (κ3) is 3.16. The number of benzene rings is 3. The molecule has 0 bridgehead atoms. The highest BCUT2D eigenvalue weighted by molar-refractivity contribution is 5.90. The first-order valence-corrected chi connectivity index (χ1v) is 10.2. The van der Waals surface area contributed by atoms with Crippen molar-refractivity contribution in [2.75, 3.05) is 5.32 Å². The van der Waals surface area contributed by atoms with Crippen molar-refractivity contribution in [3.8, 4) is 5.69 Å². The van der Waals surface area contributed by atoms with Gasteiger partial charge in [0.1, 0.15) is 6.04 Å². The number of fused-ring (bicyclic) bond motifs is 3. The number of amides is 2. The van der Waals surface area contributed by atoms with Crippen LogP contribution >= 0.6 is 0 Å². The van der Waals surface area contributed by atoms with Crippen LogP contribution in [0.3, 0.4) is 0 Å². The molecule has 3 aromatic carbocycles. The van der Waals surface area contributed by atoms with Gasteiger partial charge < -0.3 is 14.8 Å². The molecule has 0 saturated heterocycles. The van der Waals surface area contributed by atoms with Gasteiger partial charge in [-0.15, -0.1) is 0 Å². The SMILES string of the molecule is Cc1ccccc1C1c2cccn2-c2ccccc2CN1C(=O)Nc1ccccc1. The molecule has 1 aliphatic rings. The summed E-state index contributed by atoms with van der Waals surface area (Å²) in [6.45, 7) is 2.63. The Morgan fingerprint density at radius 3 is 2.43 bits per heavy atom. The van der Waals surface area contributed by atoms with E-state index in [9.17, 15) is 4.79 Å². The molecule has 5 rings (SSSR count). The molecule has 0 aliphatic carbocycles. The Kier molecular flexibility index (Phi) is 4.60. The smallest absolute Gasteiger partial charge is 0.318 e. The molecule has 30 heavy (non-hydrogen) atoms. The minimum atomic E-state index is -0.197. The summed E-state index contributed by atoms with van der Waals surface area (Å²) in [5.74, 6) is 0. The molecule has 0 fully saturated rings. The lowest BCUT2D eigenvalue weighted by Crippen LogP contribution is -2.38. The average molecular weight is 393 g/mol. The number of carbonyl (C=O) groups is 1. The van der Waals surface area contributed by atoms with Crippen molar-refractivity contribution in [3.63, 3.8) is 0 Å². The first-order chi connectivity index (χ1) is 14.7. The standard InChI is InChI=1S/C26H23N3O/c1-19-10-5-7-14-22(19)25-24-16-9-17-28(24)23-15-8-6-11-20(23)18-29(25)26(30)27-21-12-3-2-4-13-21/h2-17,25H,18H2,1H3,(H,27,30). The number of carbonyl (C=O) groups excluding carboxylic acids is 1. The van der Waals surface area contributed by atoms with Crippen LogP contribution in [0.25, 0.3) is 5.69 Å². The number of nitrogens with zero attached hydrogens (tertiary/aromatic N) is 2. The van der Waals surface area contributed by atoms with Crippen molar-refractivity contribution in [1.82, 2.24) is 9.47 Å². The molecular weight excluding hydrogens is 370 g/mol. The number of nitrogens with one attached hydrogen (secondary N) is 1. The third-order valence-electron chi connectivity index (χ3n) is 5.73. The first kappa shape index (κ1) is 18.3. The molecule has 4 heteroatoms. The Balaban J connectivity index is 1.66. The zero-order valence-electron chi connectivity index (χ0n) is 16.8. The zero-order chi connectivity index (χ0) is 20.5. The number of aryl methyl sites for hydroxylation is 1. The maximum Gasteiger partial charge on any atom is 0.322 e. The number of hydrogen-bond acceptors (Lipinski definition) is 1. The summed E-state index contributed by atoms with van der Waals surface area (Å²) in [5.41, 5.74) is 6.41. The van der Waals surface area contributed by atoms with E-state index in [0.717, 1.165) is 28.2 Å². The molecule has 1 unspecified atom stereocenters. The van der Waals surface area contributed by atoms with Crippen molar-refractivity contribution >= 4 is 11.7 Å². The van der Waals surface area contributed by atoms with E-state index < -0.39 is 0 Å². The Hall–Kier alpha value is -3.79. The fourth-order valence-electron chi connectivity index (χ4n) is 4.28. The number of aromatic nitrogens is 1. The van der Waals surface area contributed by atoms with Gasteiger partial charge in [-0.25, -0.2) is 4.79 Å². The molecule has 2 amide bonds. The minimum absolute atomic E-state index is 0.112. The molecule has 0 spiro atoms. The molecule has 2 heterocycles. The van der Waals surface area contributed by atoms with Crippen LogP contribution in [0.5, 0.6) is 0 Å². The average Bonchev–Trinajstić information content (AvgIpc) is 3.20. The van der Waals surface area contributed by atoms with Crippen molar-refractivity contribution in [1.29, 1.82) is 0 Å². The summed E-state index contributed by atoms with van der Waals surface area (Å²) in [6, 6.07) is 30.1. The van der Waals surface area contributed by atoms with E-state index >= 15 is 0 Å². The van der Waals surface area contributed by atoms with Gasteiger partial charge in [0, 0.05) is 17.6 Å². The molecule has 4 aromatic rings. The Morgan fingerprint density at radius 2 is 1.60 bits per heavy atom. The highest BCUT2D eigenvalue weighted by atomic mass is 16.2. The van der Waals surface area contributed by atoms with Gasteiger partial charge in [-0.2, -0.15) is 0 Å². The lowest BCUT2D eigenvalue weighted by Gasteiger charge is -2.32. The van der Waals surface area contributed by atoms with E-state index in [2.05, 4.69) is 59.4 Å². The molecule has 1 aliphatic heterocycles. The van der Waals surface area contributed by atoms with E-state index in [0.29, 0.717) is 6.54 Å². The van der Waals surface area contributed by atoms with Crippen molar-refractivity contribution < 1.29 is 4.79 Å². The largest absolute Gasteiger partial charge is 0.322 e.